The van der Waals surface area contributed by atoms with Crippen LogP contribution in [0.3, 0.4) is 0 Å². The highest BCUT2D eigenvalue weighted by Gasteiger charge is 2.23. The number of fused-ring (bicyclic) bond motifs is 1. The lowest BCUT2D eigenvalue weighted by molar-refractivity contribution is 0.253. The summed E-state index contributed by atoms with van der Waals surface area (Å²) in [5.41, 5.74) is 5.12. The minimum Gasteiger partial charge on any atom is -0.306 e. The highest BCUT2D eigenvalue weighted by atomic mass is 15.1. The van der Waals surface area contributed by atoms with Crippen LogP contribution >= 0.6 is 0 Å². The Morgan fingerprint density at radius 3 is 2.65 bits per heavy atom. The van der Waals surface area contributed by atoms with E-state index in [9.17, 15) is 5.26 Å². The number of hydrogen-bond acceptors (Lipinski definition) is 4. The molecule has 0 bridgehead atoms. The standard InChI is InChI=1S/C22H26N4/c1-15-3-6-20(24-14-15)18-5-4-17-11-19(13-23)22(25-21(17)12-18)16-7-9-26(2)10-8-16/h4-5,11-12,15-16H,3,6-10,14H2,1-2H3. The fourth-order valence-corrected chi connectivity index (χ4v) is 4.10. The van der Waals surface area contributed by atoms with Crippen LogP contribution in [0, 0.1) is 17.2 Å². The van der Waals surface area contributed by atoms with E-state index < -0.39 is 0 Å². The maximum Gasteiger partial charge on any atom is 0.101 e. The number of nitrogens with zero attached hydrogens (tertiary/aromatic N) is 4. The molecule has 0 aliphatic carbocycles. The third-order valence-electron chi connectivity index (χ3n) is 5.87. The van der Waals surface area contributed by atoms with Gasteiger partial charge in [0.05, 0.1) is 16.8 Å². The number of piperidine rings is 1. The van der Waals surface area contributed by atoms with Crippen LogP contribution in [-0.2, 0) is 0 Å². The van der Waals surface area contributed by atoms with Gasteiger partial charge in [0.1, 0.15) is 6.07 Å². The quantitative estimate of drug-likeness (QED) is 0.821. The molecule has 1 unspecified atom stereocenters. The van der Waals surface area contributed by atoms with Crippen molar-refractivity contribution < 1.29 is 0 Å². The molecule has 1 atom stereocenters. The molecule has 1 aromatic heterocycles. The summed E-state index contributed by atoms with van der Waals surface area (Å²) in [6.45, 7) is 5.34. The van der Waals surface area contributed by atoms with Gasteiger partial charge in [-0.1, -0.05) is 19.1 Å². The molecule has 2 aliphatic heterocycles. The minimum atomic E-state index is 0.391. The van der Waals surface area contributed by atoms with Gasteiger partial charge in [-0.05, 0) is 69.4 Å². The van der Waals surface area contributed by atoms with E-state index >= 15 is 0 Å². The third kappa shape index (κ3) is 3.37. The second-order valence-corrected chi connectivity index (χ2v) is 7.95. The Kier molecular flexibility index (Phi) is 4.74. The lowest BCUT2D eigenvalue weighted by Crippen LogP contribution is -2.29. The number of hydrogen-bond donors (Lipinski definition) is 0. The summed E-state index contributed by atoms with van der Waals surface area (Å²) < 4.78 is 0. The monoisotopic (exact) mass is 346 g/mol. The van der Waals surface area contributed by atoms with Crippen molar-refractivity contribution in [2.24, 2.45) is 10.9 Å². The van der Waals surface area contributed by atoms with Crippen molar-refractivity contribution in [2.45, 2.75) is 38.5 Å². The van der Waals surface area contributed by atoms with Crippen LogP contribution in [0.2, 0.25) is 0 Å². The first-order valence-electron chi connectivity index (χ1n) is 9.71. The van der Waals surface area contributed by atoms with Gasteiger partial charge >= 0.3 is 0 Å². The van der Waals surface area contributed by atoms with E-state index in [-0.39, 0.29) is 0 Å². The number of likely N-dealkylation sites (tertiary alicyclic amines) is 1. The smallest absolute Gasteiger partial charge is 0.101 e. The van der Waals surface area contributed by atoms with E-state index in [2.05, 4.69) is 43.1 Å². The summed E-state index contributed by atoms with van der Waals surface area (Å²) >= 11 is 0. The van der Waals surface area contributed by atoms with Crippen molar-refractivity contribution in [3.8, 4) is 6.07 Å². The Hall–Kier alpha value is -2.25. The van der Waals surface area contributed by atoms with Gasteiger partial charge in [0, 0.05) is 23.6 Å². The third-order valence-corrected chi connectivity index (χ3v) is 5.87. The second kappa shape index (κ2) is 7.17. The van der Waals surface area contributed by atoms with Crippen LogP contribution in [0.4, 0.5) is 0 Å². The Balaban J connectivity index is 1.72. The van der Waals surface area contributed by atoms with Gasteiger partial charge in [0.25, 0.3) is 0 Å². The number of pyridine rings is 1. The zero-order valence-electron chi connectivity index (χ0n) is 15.7. The normalized spacial score (nSPS) is 22.2. The number of benzene rings is 1. The average molecular weight is 346 g/mol. The molecule has 1 saturated heterocycles. The van der Waals surface area contributed by atoms with Crippen molar-refractivity contribution >= 4 is 16.6 Å². The molecule has 4 rings (SSSR count). The molecule has 134 valence electrons. The molecule has 1 aromatic carbocycles. The van der Waals surface area contributed by atoms with Crippen molar-refractivity contribution in [3.63, 3.8) is 0 Å². The van der Waals surface area contributed by atoms with Gasteiger partial charge in [-0.3, -0.25) is 9.98 Å². The first-order valence-corrected chi connectivity index (χ1v) is 9.71. The number of aliphatic imine (C=N–C) groups is 1. The summed E-state index contributed by atoms with van der Waals surface area (Å²) in [6.07, 6.45) is 4.41. The number of nitriles is 1. The summed E-state index contributed by atoms with van der Waals surface area (Å²) in [7, 11) is 2.16. The Bertz CT molecular complexity index is 885. The molecule has 0 saturated carbocycles. The number of rotatable bonds is 2. The van der Waals surface area contributed by atoms with Gasteiger partial charge in [0.15, 0.2) is 0 Å². The van der Waals surface area contributed by atoms with Gasteiger partial charge < -0.3 is 4.90 Å². The van der Waals surface area contributed by atoms with Gasteiger partial charge in [0.2, 0.25) is 0 Å². The molecule has 1 fully saturated rings. The van der Waals surface area contributed by atoms with Gasteiger partial charge in [-0.15, -0.1) is 0 Å². The van der Waals surface area contributed by atoms with Crippen molar-refractivity contribution in [1.82, 2.24) is 9.88 Å². The predicted octanol–water partition coefficient (Wildman–Crippen LogP) is 4.13. The molecule has 0 amide bonds. The molecule has 2 aromatic rings. The molecule has 2 aliphatic rings. The highest BCUT2D eigenvalue weighted by Crippen LogP contribution is 2.31. The molecule has 4 nitrogen and oxygen atoms in total. The van der Waals surface area contributed by atoms with Crippen molar-refractivity contribution in [2.75, 3.05) is 26.7 Å². The minimum absolute atomic E-state index is 0.391. The molecular formula is C22H26N4. The Labute approximate surface area is 155 Å². The van der Waals surface area contributed by atoms with Crippen LogP contribution < -0.4 is 0 Å². The van der Waals surface area contributed by atoms with Crippen LogP contribution in [0.25, 0.3) is 10.9 Å². The molecule has 3 heterocycles. The SMILES string of the molecule is CC1CCC(c2ccc3cc(C#N)c(C4CCN(C)CC4)nc3c2)=NC1. The average Bonchev–Trinajstić information content (AvgIpc) is 2.68. The Morgan fingerprint density at radius 1 is 1.15 bits per heavy atom. The van der Waals surface area contributed by atoms with E-state index in [0.29, 0.717) is 11.8 Å². The van der Waals surface area contributed by atoms with Gasteiger partial charge in [-0.25, -0.2) is 0 Å². The predicted molar refractivity (Wildman–Crippen MR) is 106 cm³/mol. The van der Waals surface area contributed by atoms with E-state index in [0.717, 1.165) is 61.1 Å². The molecule has 0 N–H and O–H groups in total. The second-order valence-electron chi connectivity index (χ2n) is 7.95. The Morgan fingerprint density at radius 2 is 1.96 bits per heavy atom. The molecule has 26 heavy (non-hydrogen) atoms. The zero-order chi connectivity index (χ0) is 18.1. The summed E-state index contributed by atoms with van der Waals surface area (Å²) in [5, 5.41) is 10.7. The summed E-state index contributed by atoms with van der Waals surface area (Å²) in [5.74, 6) is 1.08. The molecule has 0 radical (unpaired) electrons. The van der Waals surface area contributed by atoms with Crippen LogP contribution in [0.1, 0.15) is 55.3 Å². The van der Waals surface area contributed by atoms with Crippen molar-refractivity contribution in [1.29, 1.82) is 5.26 Å². The first-order chi connectivity index (χ1) is 12.6. The van der Waals surface area contributed by atoms with E-state index in [1.54, 1.807) is 0 Å². The van der Waals surface area contributed by atoms with E-state index in [1.807, 2.05) is 6.07 Å². The van der Waals surface area contributed by atoms with Crippen LogP contribution in [0.15, 0.2) is 29.3 Å². The topological polar surface area (TPSA) is 52.3 Å². The maximum absolute atomic E-state index is 9.62. The number of aromatic nitrogens is 1. The zero-order valence-corrected chi connectivity index (χ0v) is 15.7. The van der Waals surface area contributed by atoms with Crippen molar-refractivity contribution in [3.05, 3.63) is 41.1 Å². The fourth-order valence-electron chi connectivity index (χ4n) is 4.10. The fraction of sp³-hybridized carbons (Fsp3) is 0.500. The van der Waals surface area contributed by atoms with E-state index in [4.69, 9.17) is 9.98 Å². The molecule has 0 spiro atoms. The summed E-state index contributed by atoms with van der Waals surface area (Å²) in [4.78, 5) is 12.1. The highest BCUT2D eigenvalue weighted by molar-refractivity contribution is 6.03. The lowest BCUT2D eigenvalue weighted by atomic mass is 9.90. The largest absolute Gasteiger partial charge is 0.306 e. The summed E-state index contributed by atoms with van der Waals surface area (Å²) in [6, 6.07) is 10.8. The van der Waals surface area contributed by atoms with Crippen LogP contribution in [-0.4, -0.2) is 42.3 Å². The molecule has 4 heteroatoms. The van der Waals surface area contributed by atoms with Gasteiger partial charge in [-0.2, -0.15) is 5.26 Å². The first kappa shape index (κ1) is 17.2. The maximum atomic E-state index is 9.62. The lowest BCUT2D eigenvalue weighted by Gasteiger charge is -2.29. The molecular weight excluding hydrogens is 320 g/mol. The van der Waals surface area contributed by atoms with E-state index in [1.165, 1.54) is 17.7 Å². The van der Waals surface area contributed by atoms with Crippen LogP contribution in [0.5, 0.6) is 0 Å².